The average molecular weight is 528 g/mol. The first-order chi connectivity index (χ1) is 18.4. The van der Waals surface area contributed by atoms with Gasteiger partial charge in [0.05, 0.1) is 33.4 Å². The van der Waals surface area contributed by atoms with E-state index in [1.807, 2.05) is 60.7 Å². The van der Waals surface area contributed by atoms with E-state index in [-0.39, 0.29) is 16.7 Å². The first kappa shape index (κ1) is 24.8. The minimum atomic E-state index is -0.807. The van der Waals surface area contributed by atoms with Gasteiger partial charge in [-0.3, -0.25) is 19.5 Å². The number of thiazole rings is 1. The molecule has 38 heavy (non-hydrogen) atoms. The summed E-state index contributed by atoms with van der Waals surface area (Å²) < 4.78 is 7.15. The number of hydrogen-bond acceptors (Lipinski definition) is 8. The third-order valence-electron chi connectivity index (χ3n) is 5.98. The van der Waals surface area contributed by atoms with Crippen LogP contribution in [-0.4, -0.2) is 27.2 Å². The molecule has 10 heteroatoms. The van der Waals surface area contributed by atoms with Crippen molar-refractivity contribution in [3.05, 3.63) is 131 Å². The Labute approximate surface area is 220 Å². The maximum absolute atomic E-state index is 13.8. The van der Waals surface area contributed by atoms with Gasteiger partial charge < -0.3 is 9.84 Å². The molecule has 1 aliphatic rings. The maximum Gasteiger partial charge on any atom is 0.338 e. The number of esters is 1. The van der Waals surface area contributed by atoms with Gasteiger partial charge in [0.15, 0.2) is 10.6 Å². The van der Waals surface area contributed by atoms with Gasteiger partial charge in [0.1, 0.15) is 0 Å². The Balaban J connectivity index is 1.80. The minimum absolute atomic E-state index is 0.149. The van der Waals surface area contributed by atoms with Crippen LogP contribution in [0.4, 0.5) is 5.69 Å². The van der Waals surface area contributed by atoms with Gasteiger partial charge >= 0.3 is 11.7 Å². The quantitative estimate of drug-likeness (QED) is 0.232. The highest BCUT2D eigenvalue weighted by Gasteiger charge is 2.35. The number of benzene rings is 3. The highest BCUT2D eigenvalue weighted by Crippen LogP contribution is 2.35. The molecule has 0 bridgehead atoms. The van der Waals surface area contributed by atoms with Crippen molar-refractivity contribution in [2.75, 3.05) is 6.61 Å². The zero-order chi connectivity index (χ0) is 26.8. The Hall–Kier alpha value is -4.83. The molecule has 0 radical (unpaired) electrons. The van der Waals surface area contributed by atoms with Gasteiger partial charge in [-0.2, -0.15) is 0 Å². The molecule has 0 spiro atoms. The van der Waals surface area contributed by atoms with Crippen molar-refractivity contribution in [3.8, 4) is 5.75 Å². The van der Waals surface area contributed by atoms with Crippen LogP contribution >= 0.6 is 11.3 Å². The molecule has 5 rings (SSSR count). The standard InChI is InChI=1S/C28H21N3O6S/c1-2-37-27(34)23-24(18-9-5-3-6-10-18)29-28-30(25(23)19-11-7-4-8-12-19)26(33)22(38-28)16-17-13-14-21(32)20(15-17)31(35)36/h3-16,25,32H,2H2,1H3/b22-16-/t25-/m1/s1. The van der Waals surface area contributed by atoms with E-state index in [1.165, 1.54) is 28.8 Å². The zero-order valence-corrected chi connectivity index (χ0v) is 20.9. The fourth-order valence-corrected chi connectivity index (χ4v) is 5.32. The molecular weight excluding hydrogens is 506 g/mol. The molecule has 4 aromatic rings. The molecule has 0 saturated carbocycles. The molecule has 190 valence electrons. The summed E-state index contributed by atoms with van der Waals surface area (Å²) in [6.45, 7) is 1.86. The molecule has 1 atom stereocenters. The van der Waals surface area contributed by atoms with Crippen molar-refractivity contribution in [1.29, 1.82) is 0 Å². The number of rotatable bonds is 6. The molecule has 1 aliphatic heterocycles. The van der Waals surface area contributed by atoms with Crippen molar-refractivity contribution in [3.63, 3.8) is 0 Å². The van der Waals surface area contributed by atoms with Crippen LogP contribution in [0.1, 0.15) is 29.7 Å². The lowest BCUT2D eigenvalue weighted by atomic mass is 9.93. The third-order valence-corrected chi connectivity index (χ3v) is 6.97. The van der Waals surface area contributed by atoms with Gasteiger partial charge in [0, 0.05) is 11.6 Å². The van der Waals surface area contributed by atoms with Gasteiger partial charge in [-0.1, -0.05) is 78.1 Å². The summed E-state index contributed by atoms with van der Waals surface area (Å²) >= 11 is 1.11. The zero-order valence-electron chi connectivity index (χ0n) is 20.1. The van der Waals surface area contributed by atoms with E-state index in [2.05, 4.69) is 0 Å². The second-order valence-corrected chi connectivity index (χ2v) is 9.36. The number of nitrogens with zero attached hydrogens (tertiary/aromatic N) is 3. The maximum atomic E-state index is 13.8. The second-order valence-electron chi connectivity index (χ2n) is 8.35. The number of ether oxygens (including phenoxy) is 1. The molecule has 0 aliphatic carbocycles. The van der Waals surface area contributed by atoms with Crippen LogP contribution in [0, 0.1) is 10.1 Å². The van der Waals surface area contributed by atoms with Gasteiger partial charge in [-0.05, 0) is 30.2 Å². The fourth-order valence-electron chi connectivity index (χ4n) is 4.32. The summed E-state index contributed by atoms with van der Waals surface area (Å²) in [5, 5.41) is 21.1. The summed E-state index contributed by atoms with van der Waals surface area (Å²) in [6.07, 6.45) is 1.51. The van der Waals surface area contributed by atoms with Gasteiger partial charge in [-0.15, -0.1) is 0 Å². The lowest BCUT2D eigenvalue weighted by molar-refractivity contribution is -0.385. The predicted molar refractivity (Wildman–Crippen MR) is 142 cm³/mol. The highest BCUT2D eigenvalue weighted by atomic mass is 32.1. The van der Waals surface area contributed by atoms with E-state index in [4.69, 9.17) is 9.73 Å². The first-order valence-corrected chi connectivity index (χ1v) is 12.5. The molecular formula is C28H21N3O6S. The van der Waals surface area contributed by atoms with Crippen molar-refractivity contribution in [1.82, 2.24) is 4.57 Å². The van der Waals surface area contributed by atoms with Crippen LogP contribution in [0.25, 0.3) is 11.8 Å². The molecule has 1 N–H and O–H groups in total. The summed E-state index contributed by atoms with van der Waals surface area (Å²) in [6, 6.07) is 21.4. The number of nitro groups is 1. The van der Waals surface area contributed by atoms with Gasteiger partial charge in [0.25, 0.3) is 5.56 Å². The average Bonchev–Trinajstić information content (AvgIpc) is 3.24. The van der Waals surface area contributed by atoms with Crippen LogP contribution in [0.5, 0.6) is 5.75 Å². The van der Waals surface area contributed by atoms with Crippen LogP contribution < -0.4 is 14.9 Å². The first-order valence-electron chi connectivity index (χ1n) is 11.7. The van der Waals surface area contributed by atoms with E-state index in [0.29, 0.717) is 27.2 Å². The summed E-state index contributed by atoms with van der Waals surface area (Å²) in [4.78, 5) is 42.9. The molecule has 2 heterocycles. The summed E-state index contributed by atoms with van der Waals surface area (Å²) in [7, 11) is 0. The Bertz CT molecular complexity index is 1760. The topological polar surface area (TPSA) is 124 Å². The minimum Gasteiger partial charge on any atom is -0.502 e. The molecule has 3 aromatic carbocycles. The van der Waals surface area contributed by atoms with Crippen molar-refractivity contribution in [2.24, 2.45) is 4.99 Å². The third kappa shape index (κ3) is 4.53. The van der Waals surface area contributed by atoms with E-state index < -0.39 is 33.9 Å². The number of carbonyl (C=O) groups excluding carboxylic acids is 1. The largest absolute Gasteiger partial charge is 0.502 e. The van der Waals surface area contributed by atoms with Crippen LogP contribution in [0.15, 0.2) is 94.2 Å². The van der Waals surface area contributed by atoms with Crippen LogP contribution in [0.3, 0.4) is 0 Å². The van der Waals surface area contributed by atoms with Gasteiger partial charge in [0.2, 0.25) is 0 Å². The number of phenolic OH excluding ortho intramolecular Hbond substituents is 1. The summed E-state index contributed by atoms with van der Waals surface area (Å²) in [5.74, 6) is -1.04. The van der Waals surface area contributed by atoms with Crippen LogP contribution in [-0.2, 0) is 9.53 Å². The Morgan fingerprint density at radius 3 is 2.47 bits per heavy atom. The predicted octanol–water partition coefficient (Wildman–Crippen LogP) is 3.55. The Kier molecular flexibility index (Phi) is 6.71. The number of phenols is 1. The summed E-state index contributed by atoms with van der Waals surface area (Å²) in [5.41, 5.74) is 1.53. The normalized spacial score (nSPS) is 15.1. The molecule has 0 unspecified atom stereocenters. The Morgan fingerprint density at radius 1 is 1.13 bits per heavy atom. The van der Waals surface area contributed by atoms with Crippen molar-refractivity contribution >= 4 is 34.8 Å². The number of carbonyl (C=O) groups is 1. The lowest BCUT2D eigenvalue weighted by Crippen LogP contribution is -2.39. The molecule has 9 nitrogen and oxygen atoms in total. The number of aromatic nitrogens is 1. The lowest BCUT2D eigenvalue weighted by Gasteiger charge is -2.25. The van der Waals surface area contributed by atoms with E-state index in [0.717, 1.165) is 11.3 Å². The molecule has 0 fully saturated rings. The van der Waals surface area contributed by atoms with Crippen molar-refractivity contribution < 1.29 is 19.6 Å². The number of hydrogen-bond donors (Lipinski definition) is 1. The van der Waals surface area contributed by atoms with Crippen LogP contribution in [0.2, 0.25) is 0 Å². The second kappa shape index (κ2) is 10.3. The molecule has 1 aromatic heterocycles. The number of nitro benzene ring substituents is 1. The SMILES string of the molecule is CCOC(=O)C1=C(c2ccccc2)N=c2s/c(=C\c3ccc(O)c([N+](=O)[O-])c3)c(=O)n2[C@@H]1c1ccccc1. The number of aromatic hydroxyl groups is 1. The monoisotopic (exact) mass is 527 g/mol. The van der Waals surface area contributed by atoms with Crippen molar-refractivity contribution in [2.45, 2.75) is 13.0 Å². The molecule has 0 saturated heterocycles. The van der Waals surface area contributed by atoms with E-state index in [1.54, 1.807) is 6.92 Å². The molecule has 0 amide bonds. The smallest absolute Gasteiger partial charge is 0.338 e. The number of fused-ring (bicyclic) bond motifs is 1. The van der Waals surface area contributed by atoms with E-state index in [9.17, 15) is 24.8 Å². The van der Waals surface area contributed by atoms with Gasteiger partial charge in [-0.25, -0.2) is 9.79 Å². The fraction of sp³-hybridized carbons (Fsp3) is 0.107. The Morgan fingerprint density at radius 2 is 1.82 bits per heavy atom. The highest BCUT2D eigenvalue weighted by molar-refractivity contribution is 7.07. The van der Waals surface area contributed by atoms with E-state index >= 15 is 0 Å².